The maximum absolute atomic E-state index is 6.10. The van der Waals surface area contributed by atoms with Gasteiger partial charge in [-0.15, -0.1) is 5.10 Å². The smallest absolute Gasteiger partial charge is 0.156 e. The van der Waals surface area contributed by atoms with Crippen molar-refractivity contribution >= 4 is 27.5 Å². The van der Waals surface area contributed by atoms with Crippen molar-refractivity contribution in [3.05, 3.63) is 33.0 Å². The lowest BCUT2D eigenvalue weighted by molar-refractivity contribution is 0.763. The standard InChI is InChI=1S/C10H10BrClN4/c1-3-10-13-14-15-16(10)9-5-8(12)6(2)4-7(9)11/h4-5H,3H2,1-2H3. The first-order valence-corrected chi connectivity index (χ1v) is 6.04. The Balaban J connectivity index is 2.60. The third-order valence-electron chi connectivity index (χ3n) is 2.31. The summed E-state index contributed by atoms with van der Waals surface area (Å²) >= 11 is 9.59. The Morgan fingerprint density at radius 2 is 2.19 bits per heavy atom. The van der Waals surface area contributed by atoms with Crippen LogP contribution in [0.4, 0.5) is 0 Å². The van der Waals surface area contributed by atoms with Gasteiger partial charge in [0.2, 0.25) is 0 Å². The third kappa shape index (κ3) is 1.97. The van der Waals surface area contributed by atoms with Crippen LogP contribution in [0.2, 0.25) is 5.02 Å². The normalized spacial score (nSPS) is 10.8. The second kappa shape index (κ2) is 4.51. The fourth-order valence-corrected chi connectivity index (χ4v) is 2.20. The molecule has 0 aliphatic carbocycles. The Kier molecular flexibility index (Phi) is 3.25. The third-order valence-corrected chi connectivity index (χ3v) is 3.35. The van der Waals surface area contributed by atoms with E-state index in [1.54, 1.807) is 4.68 Å². The second-order valence-electron chi connectivity index (χ2n) is 3.41. The minimum absolute atomic E-state index is 0.704. The van der Waals surface area contributed by atoms with Crippen LogP contribution >= 0.6 is 27.5 Å². The fourth-order valence-electron chi connectivity index (χ4n) is 1.41. The van der Waals surface area contributed by atoms with Gasteiger partial charge in [0.15, 0.2) is 5.82 Å². The van der Waals surface area contributed by atoms with E-state index >= 15 is 0 Å². The number of halogens is 2. The van der Waals surface area contributed by atoms with Crippen LogP contribution in [0.15, 0.2) is 16.6 Å². The van der Waals surface area contributed by atoms with Crippen molar-refractivity contribution in [3.63, 3.8) is 0 Å². The fraction of sp³-hybridized carbons (Fsp3) is 0.300. The first-order valence-electron chi connectivity index (χ1n) is 4.86. The van der Waals surface area contributed by atoms with E-state index in [2.05, 4.69) is 31.5 Å². The largest absolute Gasteiger partial charge is 0.196 e. The number of rotatable bonds is 2. The molecule has 84 valence electrons. The van der Waals surface area contributed by atoms with Gasteiger partial charge >= 0.3 is 0 Å². The Hall–Kier alpha value is -0.940. The summed E-state index contributed by atoms with van der Waals surface area (Å²) in [5, 5.41) is 12.3. The second-order valence-corrected chi connectivity index (χ2v) is 4.67. The molecular weight excluding hydrogens is 291 g/mol. The summed E-state index contributed by atoms with van der Waals surface area (Å²) < 4.78 is 2.62. The van der Waals surface area contributed by atoms with Gasteiger partial charge in [-0.2, -0.15) is 4.68 Å². The van der Waals surface area contributed by atoms with Crippen LogP contribution in [0.5, 0.6) is 0 Å². The molecule has 0 saturated heterocycles. The Morgan fingerprint density at radius 1 is 1.44 bits per heavy atom. The van der Waals surface area contributed by atoms with Gasteiger partial charge in [0.05, 0.1) is 5.69 Å². The van der Waals surface area contributed by atoms with E-state index in [0.717, 1.165) is 28.0 Å². The Bertz CT molecular complexity index is 524. The number of tetrazole rings is 1. The van der Waals surface area contributed by atoms with Crippen molar-refractivity contribution in [1.82, 2.24) is 20.2 Å². The summed E-state index contributed by atoms with van der Waals surface area (Å²) in [6, 6.07) is 3.81. The maximum atomic E-state index is 6.10. The summed E-state index contributed by atoms with van der Waals surface area (Å²) in [5.74, 6) is 0.806. The van der Waals surface area contributed by atoms with Gasteiger partial charge in [0.1, 0.15) is 0 Å². The Morgan fingerprint density at radius 3 is 2.88 bits per heavy atom. The predicted octanol–water partition coefficient (Wildman–Crippen LogP) is 2.95. The molecule has 0 unspecified atom stereocenters. The maximum Gasteiger partial charge on any atom is 0.156 e. The highest BCUT2D eigenvalue weighted by atomic mass is 79.9. The van der Waals surface area contributed by atoms with E-state index in [1.807, 2.05) is 26.0 Å². The minimum Gasteiger partial charge on any atom is -0.196 e. The predicted molar refractivity (Wildman–Crippen MR) is 66.0 cm³/mol. The van der Waals surface area contributed by atoms with E-state index in [9.17, 15) is 0 Å². The molecule has 0 spiro atoms. The number of aryl methyl sites for hydroxylation is 2. The number of hydrogen-bond acceptors (Lipinski definition) is 3. The van der Waals surface area contributed by atoms with Crippen molar-refractivity contribution in [2.75, 3.05) is 0 Å². The number of nitrogens with zero attached hydrogens (tertiary/aromatic N) is 4. The summed E-state index contributed by atoms with van der Waals surface area (Å²) in [4.78, 5) is 0. The zero-order chi connectivity index (χ0) is 11.7. The molecule has 0 N–H and O–H groups in total. The van der Waals surface area contributed by atoms with Crippen LogP contribution < -0.4 is 0 Å². The van der Waals surface area contributed by atoms with Gasteiger partial charge in [-0.05, 0) is 51.0 Å². The van der Waals surface area contributed by atoms with Gasteiger partial charge < -0.3 is 0 Å². The van der Waals surface area contributed by atoms with Crippen molar-refractivity contribution in [3.8, 4) is 5.69 Å². The molecule has 0 atom stereocenters. The molecule has 4 nitrogen and oxygen atoms in total. The highest BCUT2D eigenvalue weighted by Crippen LogP contribution is 2.27. The number of hydrogen-bond donors (Lipinski definition) is 0. The lowest BCUT2D eigenvalue weighted by Crippen LogP contribution is -2.03. The lowest BCUT2D eigenvalue weighted by Gasteiger charge is -2.08. The average Bonchev–Trinajstić information content (AvgIpc) is 2.71. The van der Waals surface area contributed by atoms with E-state index in [4.69, 9.17) is 11.6 Å². The molecule has 2 rings (SSSR count). The molecule has 0 aliphatic heterocycles. The molecule has 1 aromatic heterocycles. The Labute approximate surface area is 107 Å². The molecule has 0 aliphatic rings. The molecule has 16 heavy (non-hydrogen) atoms. The van der Waals surface area contributed by atoms with E-state index in [0.29, 0.717) is 5.02 Å². The molecule has 1 heterocycles. The van der Waals surface area contributed by atoms with Crippen LogP contribution in [0, 0.1) is 6.92 Å². The van der Waals surface area contributed by atoms with Gasteiger partial charge in [0.25, 0.3) is 0 Å². The van der Waals surface area contributed by atoms with Gasteiger partial charge in [-0.3, -0.25) is 0 Å². The molecule has 0 saturated carbocycles. The summed E-state index contributed by atoms with van der Waals surface area (Å²) in [6.45, 7) is 3.96. The van der Waals surface area contributed by atoms with Gasteiger partial charge in [-0.1, -0.05) is 18.5 Å². The number of aromatic nitrogens is 4. The molecule has 2 aromatic rings. The van der Waals surface area contributed by atoms with Gasteiger partial charge in [-0.25, -0.2) is 0 Å². The molecule has 0 bridgehead atoms. The summed E-state index contributed by atoms with van der Waals surface area (Å²) in [6.07, 6.45) is 0.769. The van der Waals surface area contributed by atoms with Crippen LogP contribution in [-0.4, -0.2) is 20.2 Å². The quantitative estimate of drug-likeness (QED) is 0.856. The molecule has 0 radical (unpaired) electrons. The SMILES string of the molecule is CCc1nnnn1-c1cc(Cl)c(C)cc1Br. The highest BCUT2D eigenvalue weighted by molar-refractivity contribution is 9.10. The van der Waals surface area contributed by atoms with Crippen molar-refractivity contribution in [2.45, 2.75) is 20.3 Å². The molecule has 0 amide bonds. The topological polar surface area (TPSA) is 43.6 Å². The molecule has 0 fully saturated rings. The van der Waals surface area contributed by atoms with Gasteiger partial charge in [0, 0.05) is 15.9 Å². The van der Waals surface area contributed by atoms with Crippen molar-refractivity contribution in [2.24, 2.45) is 0 Å². The molecular formula is C10H10BrClN4. The molecule has 1 aromatic carbocycles. The summed E-state index contributed by atoms with van der Waals surface area (Å²) in [5.41, 5.74) is 1.88. The zero-order valence-corrected chi connectivity index (χ0v) is 11.2. The summed E-state index contributed by atoms with van der Waals surface area (Å²) in [7, 11) is 0. The van der Waals surface area contributed by atoms with Crippen molar-refractivity contribution in [1.29, 1.82) is 0 Å². The average molecular weight is 302 g/mol. The van der Waals surface area contributed by atoms with Crippen LogP contribution in [0.3, 0.4) is 0 Å². The van der Waals surface area contributed by atoms with E-state index < -0.39 is 0 Å². The first-order chi connectivity index (χ1) is 7.63. The van der Waals surface area contributed by atoms with Crippen LogP contribution in [-0.2, 0) is 6.42 Å². The van der Waals surface area contributed by atoms with E-state index in [1.165, 1.54) is 0 Å². The van der Waals surface area contributed by atoms with Crippen molar-refractivity contribution < 1.29 is 0 Å². The monoisotopic (exact) mass is 300 g/mol. The number of benzene rings is 1. The molecule has 6 heteroatoms. The minimum atomic E-state index is 0.704. The first kappa shape index (κ1) is 11.5. The van der Waals surface area contributed by atoms with E-state index in [-0.39, 0.29) is 0 Å². The zero-order valence-electron chi connectivity index (χ0n) is 8.91. The van der Waals surface area contributed by atoms with Crippen LogP contribution in [0.1, 0.15) is 18.3 Å². The lowest BCUT2D eigenvalue weighted by atomic mass is 10.2. The highest BCUT2D eigenvalue weighted by Gasteiger charge is 2.11. The van der Waals surface area contributed by atoms with Crippen LogP contribution in [0.25, 0.3) is 5.69 Å².